The molecule has 0 spiro atoms. The van der Waals surface area contributed by atoms with E-state index >= 15 is 0 Å². The molecule has 1 atom stereocenters. The molecule has 23 heavy (non-hydrogen) atoms. The van der Waals surface area contributed by atoms with Gasteiger partial charge in [-0.2, -0.15) is 0 Å². The van der Waals surface area contributed by atoms with Gasteiger partial charge in [-0.1, -0.05) is 41.9 Å². The Morgan fingerprint density at radius 2 is 1.87 bits per heavy atom. The normalized spacial score (nSPS) is 18.0. The maximum atomic E-state index is 12.5. The van der Waals surface area contributed by atoms with Gasteiger partial charge in [-0.05, 0) is 25.1 Å². The Kier molecular flexibility index (Phi) is 3.27. The van der Waals surface area contributed by atoms with E-state index in [0.717, 1.165) is 22.6 Å². The molecule has 2 aliphatic rings. The van der Waals surface area contributed by atoms with Crippen LogP contribution >= 0.6 is 11.6 Å². The molecular weight excluding hydrogens is 312 g/mol. The molecule has 0 radical (unpaired) electrons. The molecule has 2 heterocycles. The third-order valence-electron chi connectivity index (χ3n) is 4.12. The van der Waals surface area contributed by atoms with Crippen molar-refractivity contribution in [3.8, 4) is 0 Å². The van der Waals surface area contributed by atoms with Crippen LogP contribution in [0.15, 0.2) is 54.1 Å². The molecule has 0 saturated heterocycles. The molecule has 0 fully saturated rings. The first-order valence-corrected chi connectivity index (χ1v) is 7.91. The van der Waals surface area contributed by atoms with Crippen molar-refractivity contribution in [1.29, 1.82) is 0 Å². The number of carbonyl (C=O) groups excluding carboxylic acids is 1. The summed E-state index contributed by atoms with van der Waals surface area (Å²) < 4.78 is 5.23. The van der Waals surface area contributed by atoms with Gasteiger partial charge < -0.3 is 15.0 Å². The molecule has 2 aromatic carbocycles. The van der Waals surface area contributed by atoms with Gasteiger partial charge >= 0.3 is 5.97 Å². The van der Waals surface area contributed by atoms with Crippen molar-refractivity contribution in [3.05, 3.63) is 59.7 Å². The fourth-order valence-corrected chi connectivity index (χ4v) is 3.51. The van der Waals surface area contributed by atoms with E-state index in [1.807, 2.05) is 48.5 Å². The number of halogens is 1. The van der Waals surface area contributed by atoms with E-state index in [1.54, 1.807) is 6.92 Å². The fraction of sp³-hybridized carbons (Fsp3) is 0.167. The van der Waals surface area contributed by atoms with Gasteiger partial charge in [-0.3, -0.25) is 0 Å². The zero-order valence-electron chi connectivity index (χ0n) is 12.5. The third-order valence-corrected chi connectivity index (χ3v) is 4.53. The van der Waals surface area contributed by atoms with Gasteiger partial charge in [-0.25, -0.2) is 4.79 Å². The molecule has 0 aliphatic carbocycles. The average Bonchev–Trinajstić information content (AvgIpc) is 2.94. The van der Waals surface area contributed by atoms with E-state index in [4.69, 9.17) is 16.3 Å². The highest BCUT2D eigenvalue weighted by Crippen LogP contribution is 2.49. The molecule has 1 N–H and O–H groups in total. The maximum Gasteiger partial charge on any atom is 0.339 e. The van der Waals surface area contributed by atoms with E-state index in [2.05, 4.69) is 10.2 Å². The molecule has 5 heteroatoms. The van der Waals surface area contributed by atoms with E-state index in [9.17, 15) is 4.79 Å². The maximum absolute atomic E-state index is 12.5. The minimum atomic E-state index is -0.387. The van der Waals surface area contributed by atoms with Gasteiger partial charge in [-0.15, -0.1) is 0 Å². The van der Waals surface area contributed by atoms with Crippen LogP contribution in [0.5, 0.6) is 0 Å². The van der Waals surface area contributed by atoms with Gasteiger partial charge in [0, 0.05) is 5.56 Å². The van der Waals surface area contributed by atoms with Crippen molar-refractivity contribution in [2.75, 3.05) is 16.8 Å². The van der Waals surface area contributed by atoms with Gasteiger partial charge in [0.25, 0.3) is 0 Å². The van der Waals surface area contributed by atoms with Crippen LogP contribution < -0.4 is 10.2 Å². The number of ether oxygens (including phenoxy) is 1. The number of hydrogen-bond donors (Lipinski definition) is 1. The molecule has 0 bridgehead atoms. The van der Waals surface area contributed by atoms with Crippen molar-refractivity contribution in [2.24, 2.45) is 0 Å². The third kappa shape index (κ3) is 2.02. The van der Waals surface area contributed by atoms with Crippen LogP contribution in [-0.2, 0) is 9.53 Å². The highest BCUT2D eigenvalue weighted by molar-refractivity contribution is 6.52. The Morgan fingerprint density at radius 3 is 2.65 bits per heavy atom. The largest absolute Gasteiger partial charge is 0.462 e. The summed E-state index contributed by atoms with van der Waals surface area (Å²) in [6.07, 6.45) is -0.353. The van der Waals surface area contributed by atoms with Crippen molar-refractivity contribution in [3.63, 3.8) is 0 Å². The number of rotatable bonds is 2. The lowest BCUT2D eigenvalue weighted by Crippen LogP contribution is -2.40. The van der Waals surface area contributed by atoms with Crippen LogP contribution in [0, 0.1) is 0 Å². The topological polar surface area (TPSA) is 41.6 Å². The number of carbonyl (C=O) groups is 1. The van der Waals surface area contributed by atoms with Gasteiger partial charge in [0.05, 0.1) is 34.3 Å². The van der Waals surface area contributed by atoms with Gasteiger partial charge in [0.15, 0.2) is 0 Å². The SMILES string of the molecule is CCOC(=O)C1=C(Cl)c2ccccc2N2c3ccccc3NC12. The highest BCUT2D eigenvalue weighted by atomic mass is 35.5. The summed E-state index contributed by atoms with van der Waals surface area (Å²) in [4.78, 5) is 14.6. The summed E-state index contributed by atoms with van der Waals surface area (Å²) in [5, 5.41) is 3.82. The summed E-state index contributed by atoms with van der Waals surface area (Å²) in [6.45, 7) is 2.10. The molecule has 0 saturated carbocycles. The molecule has 116 valence electrons. The predicted molar refractivity (Wildman–Crippen MR) is 91.8 cm³/mol. The molecular formula is C18H15ClN2O2. The van der Waals surface area contributed by atoms with E-state index in [1.165, 1.54) is 0 Å². The first-order chi connectivity index (χ1) is 11.2. The van der Waals surface area contributed by atoms with Crippen LogP contribution in [-0.4, -0.2) is 18.7 Å². The zero-order valence-corrected chi connectivity index (χ0v) is 13.3. The average molecular weight is 327 g/mol. The minimum absolute atomic E-state index is 0.313. The van der Waals surface area contributed by atoms with Crippen molar-refractivity contribution >= 4 is 39.7 Å². The summed E-state index contributed by atoms with van der Waals surface area (Å²) in [7, 11) is 0. The van der Waals surface area contributed by atoms with Crippen LogP contribution in [0.4, 0.5) is 17.1 Å². The Hall–Kier alpha value is -2.46. The predicted octanol–water partition coefficient (Wildman–Crippen LogP) is 4.10. The van der Waals surface area contributed by atoms with Crippen molar-refractivity contribution in [2.45, 2.75) is 13.1 Å². The molecule has 4 nitrogen and oxygen atoms in total. The molecule has 2 aromatic rings. The smallest absolute Gasteiger partial charge is 0.339 e. The molecule has 1 unspecified atom stereocenters. The zero-order chi connectivity index (χ0) is 16.0. The number of anilines is 3. The number of nitrogens with zero attached hydrogens (tertiary/aromatic N) is 1. The summed E-state index contributed by atoms with van der Waals surface area (Å²) in [5.74, 6) is -0.387. The lowest BCUT2D eigenvalue weighted by molar-refractivity contribution is -0.138. The Morgan fingerprint density at radius 1 is 1.17 bits per heavy atom. The monoisotopic (exact) mass is 326 g/mol. The van der Waals surface area contributed by atoms with Crippen LogP contribution in [0.1, 0.15) is 12.5 Å². The molecule has 2 aliphatic heterocycles. The summed E-state index contributed by atoms with van der Waals surface area (Å²) in [5.41, 5.74) is 4.26. The van der Waals surface area contributed by atoms with E-state index in [-0.39, 0.29) is 12.1 Å². The fourth-order valence-electron chi connectivity index (χ4n) is 3.17. The van der Waals surface area contributed by atoms with E-state index < -0.39 is 0 Å². The summed E-state index contributed by atoms with van der Waals surface area (Å²) >= 11 is 6.57. The quantitative estimate of drug-likeness (QED) is 0.844. The second-order valence-corrected chi connectivity index (χ2v) is 5.78. The Labute approximate surface area is 139 Å². The molecule has 0 amide bonds. The Balaban J connectivity index is 1.94. The van der Waals surface area contributed by atoms with E-state index in [0.29, 0.717) is 17.2 Å². The first kappa shape index (κ1) is 14.2. The van der Waals surface area contributed by atoms with Crippen LogP contribution in [0.2, 0.25) is 0 Å². The second-order valence-electron chi connectivity index (χ2n) is 5.40. The summed E-state index contributed by atoms with van der Waals surface area (Å²) in [6, 6.07) is 15.8. The lowest BCUT2D eigenvalue weighted by Gasteiger charge is -2.34. The first-order valence-electron chi connectivity index (χ1n) is 7.53. The second kappa shape index (κ2) is 5.32. The van der Waals surface area contributed by atoms with Crippen LogP contribution in [0.3, 0.4) is 0 Å². The number of esters is 1. The van der Waals surface area contributed by atoms with Crippen LogP contribution in [0.25, 0.3) is 5.03 Å². The highest BCUT2D eigenvalue weighted by Gasteiger charge is 2.42. The van der Waals surface area contributed by atoms with Crippen molar-refractivity contribution < 1.29 is 9.53 Å². The minimum Gasteiger partial charge on any atom is -0.462 e. The number of hydrogen-bond acceptors (Lipinski definition) is 4. The lowest BCUT2D eigenvalue weighted by atomic mass is 9.99. The van der Waals surface area contributed by atoms with Gasteiger partial charge in [0.2, 0.25) is 0 Å². The molecule has 0 aromatic heterocycles. The van der Waals surface area contributed by atoms with Crippen molar-refractivity contribution in [1.82, 2.24) is 0 Å². The molecule has 4 rings (SSSR count). The van der Waals surface area contributed by atoms with Gasteiger partial charge in [0.1, 0.15) is 6.17 Å². The number of para-hydroxylation sites is 3. The number of benzene rings is 2. The number of nitrogens with one attached hydrogen (secondary N) is 1. The number of fused-ring (bicyclic) bond motifs is 5. The Bertz CT molecular complexity index is 831. The standard InChI is InChI=1S/C18H15ClN2O2/c1-2-23-18(22)15-16(19)11-7-3-5-9-13(11)21-14-10-6-4-8-12(14)20-17(15)21/h3-10,17,20H,2H2,1H3.